The van der Waals surface area contributed by atoms with Crippen LogP contribution in [0.3, 0.4) is 0 Å². The van der Waals surface area contributed by atoms with Crippen molar-refractivity contribution >= 4 is 17.7 Å². The number of nitrogens with zero attached hydrogens (tertiary/aromatic N) is 2. The number of fused-ring (bicyclic) bond motifs is 1. The summed E-state index contributed by atoms with van der Waals surface area (Å²) in [5.74, 6) is -0.0174. The third kappa shape index (κ3) is 3.15. The zero-order valence-corrected chi connectivity index (χ0v) is 17.5. The number of benzene rings is 1. The molecular formula is C23H27N3O5. The molecule has 1 saturated carbocycles. The predicted molar refractivity (Wildman–Crippen MR) is 109 cm³/mol. The molecule has 1 unspecified atom stereocenters. The van der Waals surface area contributed by atoms with Crippen LogP contribution in [0.5, 0.6) is 5.75 Å². The molecule has 1 aromatic carbocycles. The van der Waals surface area contributed by atoms with E-state index in [1.807, 2.05) is 18.2 Å². The Morgan fingerprint density at radius 3 is 2.68 bits per heavy atom. The molecule has 8 nitrogen and oxygen atoms in total. The van der Waals surface area contributed by atoms with Crippen molar-refractivity contribution in [1.82, 2.24) is 15.1 Å². The Morgan fingerprint density at radius 1 is 1.10 bits per heavy atom. The molecule has 164 valence electrons. The Hall–Kier alpha value is -2.45. The lowest BCUT2D eigenvalue weighted by molar-refractivity contribution is -0.202. The minimum Gasteiger partial charge on any atom is -0.489 e. The topological polar surface area (TPSA) is 88.2 Å². The van der Waals surface area contributed by atoms with Gasteiger partial charge in [-0.3, -0.25) is 24.6 Å². The number of likely N-dealkylation sites (tertiary alicyclic amines) is 1. The number of amides is 3. The van der Waals surface area contributed by atoms with E-state index in [0.29, 0.717) is 30.0 Å². The number of ether oxygens (including phenoxy) is 2. The van der Waals surface area contributed by atoms with Gasteiger partial charge in [-0.1, -0.05) is 0 Å². The van der Waals surface area contributed by atoms with Gasteiger partial charge in [0.2, 0.25) is 11.8 Å². The zero-order chi connectivity index (χ0) is 21.2. The summed E-state index contributed by atoms with van der Waals surface area (Å²) < 4.78 is 11.8. The van der Waals surface area contributed by atoms with Crippen molar-refractivity contribution in [2.75, 3.05) is 26.3 Å². The molecule has 4 heterocycles. The summed E-state index contributed by atoms with van der Waals surface area (Å²) in [4.78, 5) is 40.7. The SMILES string of the molecule is O=C1CCC(N2Cc3cc(O[C@H]4CCC[C@H]4N4CC5(COC5)C4)ccc3C2=O)C(=O)N1. The van der Waals surface area contributed by atoms with Crippen molar-refractivity contribution < 1.29 is 23.9 Å². The Labute approximate surface area is 180 Å². The largest absolute Gasteiger partial charge is 0.489 e. The van der Waals surface area contributed by atoms with Crippen molar-refractivity contribution in [2.24, 2.45) is 5.41 Å². The molecule has 5 aliphatic rings. The highest BCUT2D eigenvalue weighted by Gasteiger charge is 2.52. The molecule has 8 heteroatoms. The Balaban J connectivity index is 1.13. The number of nitrogens with one attached hydrogen (secondary N) is 1. The van der Waals surface area contributed by atoms with Crippen LogP contribution in [-0.2, 0) is 20.9 Å². The van der Waals surface area contributed by atoms with E-state index < -0.39 is 6.04 Å². The monoisotopic (exact) mass is 425 g/mol. The summed E-state index contributed by atoms with van der Waals surface area (Å²) in [6.07, 6.45) is 4.18. The third-order valence-corrected chi connectivity index (χ3v) is 7.56. The third-order valence-electron chi connectivity index (χ3n) is 7.56. The lowest BCUT2D eigenvalue weighted by atomic mass is 9.77. The van der Waals surface area contributed by atoms with Crippen molar-refractivity contribution in [2.45, 2.75) is 56.8 Å². The van der Waals surface area contributed by atoms with Crippen molar-refractivity contribution in [3.8, 4) is 5.75 Å². The number of carbonyl (C=O) groups excluding carboxylic acids is 3. The van der Waals surface area contributed by atoms with Crippen LogP contribution in [0.2, 0.25) is 0 Å². The standard InChI is InChI=1S/C23H27N3O5/c27-20-7-6-18(21(28)24-20)26-9-14-8-15(4-5-16(14)22(26)29)31-19-3-1-2-17(19)25-10-23(11-25)12-30-13-23/h4-5,8,17-19H,1-3,6-7,9-13H2,(H,24,27,28)/t17-,18?,19+/m1/s1. The van der Waals surface area contributed by atoms with E-state index in [-0.39, 0.29) is 30.2 Å². The van der Waals surface area contributed by atoms with E-state index in [1.165, 1.54) is 6.42 Å². The first kappa shape index (κ1) is 19.3. The number of carbonyl (C=O) groups is 3. The molecule has 3 saturated heterocycles. The summed E-state index contributed by atoms with van der Waals surface area (Å²) >= 11 is 0. The molecule has 0 aromatic heterocycles. The maximum absolute atomic E-state index is 12.9. The van der Waals surface area contributed by atoms with Gasteiger partial charge in [0.1, 0.15) is 17.9 Å². The van der Waals surface area contributed by atoms with Crippen LogP contribution in [-0.4, -0.2) is 72.0 Å². The van der Waals surface area contributed by atoms with Crippen molar-refractivity contribution in [1.29, 1.82) is 0 Å². The van der Waals surface area contributed by atoms with Crippen LogP contribution >= 0.6 is 0 Å². The number of hydrogen-bond acceptors (Lipinski definition) is 6. The van der Waals surface area contributed by atoms with Gasteiger partial charge in [-0.25, -0.2) is 0 Å². The fourth-order valence-corrected chi connectivity index (χ4v) is 5.88. The molecule has 1 spiro atoms. The lowest BCUT2D eigenvalue weighted by Crippen LogP contribution is -2.69. The number of piperidine rings is 1. The van der Waals surface area contributed by atoms with Crippen LogP contribution in [0.4, 0.5) is 0 Å². The van der Waals surface area contributed by atoms with Gasteiger partial charge in [-0.05, 0) is 49.4 Å². The molecular weight excluding hydrogens is 398 g/mol. The average Bonchev–Trinajstić information content (AvgIpc) is 3.24. The summed E-state index contributed by atoms with van der Waals surface area (Å²) in [6.45, 7) is 4.38. The van der Waals surface area contributed by atoms with E-state index in [1.54, 1.807) is 4.90 Å². The number of hydrogen-bond donors (Lipinski definition) is 1. The second kappa shape index (κ2) is 7.03. The highest BCUT2D eigenvalue weighted by molar-refractivity contribution is 6.05. The molecule has 1 N–H and O–H groups in total. The Kier molecular flexibility index (Phi) is 4.37. The Bertz CT molecular complexity index is 951. The normalized spacial score (nSPS) is 31.9. The average molecular weight is 425 g/mol. The summed E-state index contributed by atoms with van der Waals surface area (Å²) in [7, 11) is 0. The van der Waals surface area contributed by atoms with Crippen LogP contribution in [0.1, 0.15) is 48.0 Å². The van der Waals surface area contributed by atoms with Crippen molar-refractivity contribution in [3.05, 3.63) is 29.3 Å². The maximum Gasteiger partial charge on any atom is 0.255 e. The molecule has 31 heavy (non-hydrogen) atoms. The number of rotatable bonds is 4. The molecule has 0 radical (unpaired) electrons. The van der Waals surface area contributed by atoms with Gasteiger partial charge in [0.15, 0.2) is 0 Å². The molecule has 1 aromatic rings. The highest BCUT2D eigenvalue weighted by atomic mass is 16.5. The second-order valence-electron chi connectivity index (χ2n) is 9.77. The van der Waals surface area contributed by atoms with Crippen LogP contribution in [0.15, 0.2) is 18.2 Å². The fraction of sp³-hybridized carbons (Fsp3) is 0.609. The van der Waals surface area contributed by atoms with E-state index >= 15 is 0 Å². The molecule has 6 rings (SSSR count). The summed E-state index contributed by atoms with van der Waals surface area (Å²) in [5, 5.41) is 2.34. The first-order valence-electron chi connectivity index (χ1n) is 11.3. The summed E-state index contributed by atoms with van der Waals surface area (Å²) in [5.41, 5.74) is 1.91. The Morgan fingerprint density at radius 2 is 1.94 bits per heavy atom. The highest BCUT2D eigenvalue weighted by Crippen LogP contribution is 2.42. The van der Waals surface area contributed by atoms with E-state index in [4.69, 9.17) is 9.47 Å². The van der Waals surface area contributed by atoms with Crippen molar-refractivity contribution in [3.63, 3.8) is 0 Å². The van der Waals surface area contributed by atoms with Gasteiger partial charge in [-0.15, -0.1) is 0 Å². The molecule has 3 amide bonds. The minimum absolute atomic E-state index is 0.150. The van der Waals surface area contributed by atoms with Crippen LogP contribution in [0.25, 0.3) is 0 Å². The first-order valence-corrected chi connectivity index (χ1v) is 11.3. The number of imide groups is 1. The predicted octanol–water partition coefficient (Wildman–Crippen LogP) is 1.08. The smallest absolute Gasteiger partial charge is 0.255 e. The molecule has 3 atom stereocenters. The molecule has 1 aliphatic carbocycles. The maximum atomic E-state index is 12.9. The van der Waals surface area contributed by atoms with E-state index in [9.17, 15) is 14.4 Å². The first-order chi connectivity index (χ1) is 15.0. The van der Waals surface area contributed by atoms with E-state index in [2.05, 4.69) is 10.2 Å². The molecule has 0 bridgehead atoms. The zero-order valence-electron chi connectivity index (χ0n) is 17.5. The lowest BCUT2D eigenvalue weighted by Gasteiger charge is -2.57. The fourth-order valence-electron chi connectivity index (χ4n) is 5.88. The van der Waals surface area contributed by atoms with Gasteiger partial charge in [-0.2, -0.15) is 0 Å². The molecule has 4 fully saturated rings. The van der Waals surface area contributed by atoms with Gasteiger partial charge < -0.3 is 14.4 Å². The van der Waals surface area contributed by atoms with Gasteiger partial charge in [0.25, 0.3) is 5.91 Å². The van der Waals surface area contributed by atoms with E-state index in [0.717, 1.165) is 50.5 Å². The summed E-state index contributed by atoms with van der Waals surface area (Å²) in [6, 6.07) is 5.49. The van der Waals surface area contributed by atoms with Gasteiger partial charge in [0.05, 0.1) is 13.2 Å². The second-order valence-corrected chi connectivity index (χ2v) is 9.77. The van der Waals surface area contributed by atoms with Gasteiger partial charge >= 0.3 is 0 Å². The molecule has 4 aliphatic heterocycles. The van der Waals surface area contributed by atoms with Crippen LogP contribution < -0.4 is 10.1 Å². The minimum atomic E-state index is -0.588. The van der Waals surface area contributed by atoms with Crippen LogP contribution in [0, 0.1) is 5.41 Å². The quantitative estimate of drug-likeness (QED) is 0.727. The van der Waals surface area contributed by atoms with Gasteiger partial charge in [0, 0.05) is 43.1 Å².